The molecule has 1 fully saturated rings. The van der Waals surface area contributed by atoms with E-state index in [4.69, 9.17) is 9.73 Å². The van der Waals surface area contributed by atoms with Gasteiger partial charge in [-0.05, 0) is 49.5 Å². The van der Waals surface area contributed by atoms with Gasteiger partial charge in [-0.2, -0.15) is 0 Å². The van der Waals surface area contributed by atoms with Gasteiger partial charge in [0.05, 0.1) is 7.11 Å². The molecule has 2 heterocycles. The molecule has 0 bridgehead atoms. The van der Waals surface area contributed by atoms with E-state index >= 15 is 0 Å². The maximum absolute atomic E-state index is 5.36. The third-order valence-corrected chi connectivity index (χ3v) is 5.41. The zero-order valence-electron chi connectivity index (χ0n) is 16.9. The lowest BCUT2D eigenvalue weighted by molar-refractivity contribution is 0.414. The third kappa shape index (κ3) is 4.18. The molecule has 2 aliphatic rings. The normalized spacial score (nSPS) is 17.5. The number of benzene rings is 1. The second kappa shape index (κ2) is 8.04. The van der Waals surface area contributed by atoms with Crippen molar-refractivity contribution in [1.82, 2.24) is 25.0 Å². The molecule has 1 aromatic heterocycles. The SMILES string of the molecule is COc1cccc(C2=CCN(C(=NCc3nnc(C)n3C)NC3CC3)CC2)c1. The molecule has 0 spiro atoms. The minimum Gasteiger partial charge on any atom is -0.497 e. The minimum atomic E-state index is 0.537. The van der Waals surface area contributed by atoms with Gasteiger partial charge >= 0.3 is 0 Å². The van der Waals surface area contributed by atoms with E-state index in [-0.39, 0.29) is 0 Å². The van der Waals surface area contributed by atoms with Crippen LogP contribution in [-0.2, 0) is 13.6 Å². The average molecular weight is 380 g/mol. The molecule has 0 amide bonds. The van der Waals surface area contributed by atoms with Crippen LogP contribution >= 0.6 is 0 Å². The van der Waals surface area contributed by atoms with Gasteiger partial charge < -0.3 is 19.5 Å². The number of nitrogens with zero attached hydrogens (tertiary/aromatic N) is 5. The second-order valence-electron chi connectivity index (χ2n) is 7.44. The number of guanidine groups is 1. The van der Waals surface area contributed by atoms with Crippen molar-refractivity contribution in [2.24, 2.45) is 12.0 Å². The van der Waals surface area contributed by atoms with Crippen molar-refractivity contribution < 1.29 is 4.74 Å². The number of nitrogens with one attached hydrogen (secondary N) is 1. The highest BCUT2D eigenvalue weighted by Crippen LogP contribution is 2.26. The Hall–Kier alpha value is -2.83. The molecule has 7 heteroatoms. The molecular weight excluding hydrogens is 352 g/mol. The zero-order chi connectivity index (χ0) is 19.5. The number of aromatic nitrogens is 3. The molecule has 7 nitrogen and oxygen atoms in total. The summed E-state index contributed by atoms with van der Waals surface area (Å²) in [7, 11) is 3.69. The van der Waals surface area contributed by atoms with Crippen LogP contribution in [0, 0.1) is 6.92 Å². The second-order valence-corrected chi connectivity index (χ2v) is 7.44. The van der Waals surface area contributed by atoms with Crippen molar-refractivity contribution in [1.29, 1.82) is 0 Å². The Morgan fingerprint density at radius 2 is 2.18 bits per heavy atom. The van der Waals surface area contributed by atoms with E-state index in [0.717, 1.165) is 42.9 Å². The topological polar surface area (TPSA) is 67.6 Å². The molecular formula is C21H28N6O. The van der Waals surface area contributed by atoms with Crippen LogP contribution in [0.25, 0.3) is 5.57 Å². The molecule has 1 aliphatic heterocycles. The fourth-order valence-corrected chi connectivity index (χ4v) is 3.33. The summed E-state index contributed by atoms with van der Waals surface area (Å²) >= 11 is 0. The summed E-state index contributed by atoms with van der Waals surface area (Å²) < 4.78 is 7.36. The van der Waals surface area contributed by atoms with E-state index in [2.05, 4.69) is 38.6 Å². The first-order valence-corrected chi connectivity index (χ1v) is 9.88. The summed E-state index contributed by atoms with van der Waals surface area (Å²) in [6.07, 6.45) is 5.73. The Labute approximate surface area is 166 Å². The van der Waals surface area contributed by atoms with E-state index in [1.54, 1.807) is 7.11 Å². The maximum atomic E-state index is 5.36. The number of methoxy groups -OCH3 is 1. The average Bonchev–Trinajstić information content (AvgIpc) is 3.51. The summed E-state index contributed by atoms with van der Waals surface area (Å²) in [5.74, 6) is 3.67. The van der Waals surface area contributed by atoms with Gasteiger partial charge in [-0.15, -0.1) is 10.2 Å². The molecule has 148 valence electrons. The number of ether oxygens (including phenoxy) is 1. The molecule has 0 atom stereocenters. The monoisotopic (exact) mass is 380 g/mol. The lowest BCUT2D eigenvalue weighted by atomic mass is 9.99. The zero-order valence-corrected chi connectivity index (χ0v) is 16.9. The first kappa shape index (κ1) is 18.5. The predicted molar refractivity (Wildman–Crippen MR) is 110 cm³/mol. The van der Waals surface area contributed by atoms with Gasteiger partial charge in [0, 0.05) is 26.2 Å². The highest BCUT2D eigenvalue weighted by atomic mass is 16.5. The number of aryl methyl sites for hydroxylation is 1. The van der Waals surface area contributed by atoms with Crippen molar-refractivity contribution >= 4 is 11.5 Å². The predicted octanol–water partition coefficient (Wildman–Crippen LogP) is 2.53. The largest absolute Gasteiger partial charge is 0.497 e. The van der Waals surface area contributed by atoms with Gasteiger partial charge in [0.1, 0.15) is 18.1 Å². The van der Waals surface area contributed by atoms with E-state index in [9.17, 15) is 0 Å². The van der Waals surface area contributed by atoms with E-state index in [1.807, 2.05) is 30.7 Å². The summed E-state index contributed by atoms with van der Waals surface area (Å²) in [5, 5.41) is 12.0. The summed E-state index contributed by atoms with van der Waals surface area (Å²) in [6.45, 7) is 4.29. The lowest BCUT2D eigenvalue weighted by Gasteiger charge is -2.30. The summed E-state index contributed by atoms with van der Waals surface area (Å²) in [6, 6.07) is 8.85. The third-order valence-electron chi connectivity index (χ3n) is 5.41. The molecule has 1 saturated carbocycles. The van der Waals surface area contributed by atoms with Crippen LogP contribution < -0.4 is 10.1 Å². The lowest BCUT2D eigenvalue weighted by Crippen LogP contribution is -2.44. The van der Waals surface area contributed by atoms with Crippen molar-refractivity contribution in [2.75, 3.05) is 20.2 Å². The summed E-state index contributed by atoms with van der Waals surface area (Å²) in [4.78, 5) is 7.18. The van der Waals surface area contributed by atoms with Gasteiger partial charge in [-0.3, -0.25) is 0 Å². The Bertz CT molecular complexity index is 896. The number of aliphatic imine (C=N–C) groups is 1. The van der Waals surface area contributed by atoms with Crippen LogP contribution in [0.5, 0.6) is 5.75 Å². The van der Waals surface area contributed by atoms with E-state index < -0.39 is 0 Å². The smallest absolute Gasteiger partial charge is 0.194 e. The number of hydrogen-bond donors (Lipinski definition) is 1. The highest BCUT2D eigenvalue weighted by molar-refractivity contribution is 5.82. The Morgan fingerprint density at radius 1 is 1.32 bits per heavy atom. The van der Waals surface area contributed by atoms with Crippen molar-refractivity contribution in [3.63, 3.8) is 0 Å². The van der Waals surface area contributed by atoms with Gasteiger partial charge in [-0.25, -0.2) is 4.99 Å². The van der Waals surface area contributed by atoms with E-state index in [0.29, 0.717) is 12.6 Å². The fourth-order valence-electron chi connectivity index (χ4n) is 3.33. The van der Waals surface area contributed by atoms with Crippen LogP contribution in [0.1, 0.15) is 36.5 Å². The minimum absolute atomic E-state index is 0.537. The Balaban J connectivity index is 1.47. The maximum Gasteiger partial charge on any atom is 0.194 e. The van der Waals surface area contributed by atoms with Crippen molar-refractivity contribution in [3.8, 4) is 5.75 Å². The van der Waals surface area contributed by atoms with Gasteiger partial charge in [-0.1, -0.05) is 18.2 Å². The highest BCUT2D eigenvalue weighted by Gasteiger charge is 2.26. The fraction of sp³-hybridized carbons (Fsp3) is 0.476. The van der Waals surface area contributed by atoms with Crippen LogP contribution in [0.4, 0.5) is 0 Å². The Kier molecular flexibility index (Phi) is 5.32. The molecule has 1 aliphatic carbocycles. The standard InChI is InChI=1S/C21H28N6O/c1-15-24-25-20(26(15)2)14-22-21(23-18-7-8-18)27-11-9-16(10-12-27)17-5-4-6-19(13-17)28-3/h4-6,9,13,18H,7-8,10-12,14H2,1-3H3,(H,22,23). The van der Waals surface area contributed by atoms with Crippen LogP contribution in [0.15, 0.2) is 35.3 Å². The molecule has 28 heavy (non-hydrogen) atoms. The quantitative estimate of drug-likeness (QED) is 0.638. The van der Waals surface area contributed by atoms with Crippen LogP contribution in [0.3, 0.4) is 0 Å². The molecule has 1 aromatic carbocycles. The molecule has 0 saturated heterocycles. The number of rotatable bonds is 5. The Morgan fingerprint density at radius 3 is 2.82 bits per heavy atom. The summed E-state index contributed by atoms with van der Waals surface area (Å²) in [5.41, 5.74) is 2.60. The molecule has 2 aromatic rings. The molecule has 1 N–H and O–H groups in total. The van der Waals surface area contributed by atoms with E-state index in [1.165, 1.54) is 24.0 Å². The molecule has 4 rings (SSSR count). The van der Waals surface area contributed by atoms with Crippen LogP contribution in [-0.4, -0.2) is 51.9 Å². The van der Waals surface area contributed by atoms with Gasteiger partial charge in [0.25, 0.3) is 0 Å². The molecule has 0 unspecified atom stereocenters. The first-order valence-electron chi connectivity index (χ1n) is 9.88. The van der Waals surface area contributed by atoms with Gasteiger partial charge in [0.15, 0.2) is 11.8 Å². The van der Waals surface area contributed by atoms with Gasteiger partial charge in [0.2, 0.25) is 0 Å². The molecule has 0 radical (unpaired) electrons. The number of hydrogen-bond acceptors (Lipinski definition) is 4. The first-order chi connectivity index (χ1) is 13.6. The van der Waals surface area contributed by atoms with Crippen molar-refractivity contribution in [2.45, 2.75) is 38.8 Å². The van der Waals surface area contributed by atoms with Crippen molar-refractivity contribution in [3.05, 3.63) is 47.6 Å². The van der Waals surface area contributed by atoms with Crippen LogP contribution in [0.2, 0.25) is 0 Å².